The first kappa shape index (κ1) is 14.7. The number of carbonyl (C=O) groups is 1. The van der Waals surface area contributed by atoms with Crippen LogP contribution in [0.4, 0.5) is 0 Å². The molecule has 0 fully saturated rings. The fraction of sp³-hybridized carbons (Fsp3) is 0.417. The van der Waals surface area contributed by atoms with Gasteiger partial charge in [0.15, 0.2) is 0 Å². The molecule has 0 heterocycles. The minimum atomic E-state index is -3.27. The van der Waals surface area contributed by atoms with E-state index in [9.17, 15) is 13.2 Å². The number of methoxy groups -OCH3 is 1. The fourth-order valence-electron chi connectivity index (χ4n) is 1.23. The van der Waals surface area contributed by atoms with E-state index in [2.05, 4.69) is 9.46 Å². The molecule has 0 aromatic heterocycles. The second kappa shape index (κ2) is 5.97. The van der Waals surface area contributed by atoms with Crippen molar-refractivity contribution in [1.82, 2.24) is 4.72 Å². The Labute approximate surface area is 107 Å². The molecular weight excluding hydrogens is 254 g/mol. The number of rotatable bonds is 5. The molecule has 6 heteroatoms. The Morgan fingerprint density at radius 2 is 1.83 bits per heavy atom. The van der Waals surface area contributed by atoms with E-state index in [0.717, 1.165) is 5.56 Å². The lowest BCUT2D eigenvalue weighted by Gasteiger charge is -2.09. The van der Waals surface area contributed by atoms with Crippen molar-refractivity contribution >= 4 is 16.0 Å². The Morgan fingerprint density at radius 3 is 2.28 bits per heavy atom. The van der Waals surface area contributed by atoms with Crippen molar-refractivity contribution in [3.63, 3.8) is 0 Å². The Balaban J connectivity index is 2.68. The normalized spacial score (nSPS) is 11.6. The molecule has 5 nitrogen and oxygen atoms in total. The second-order valence-electron chi connectivity index (χ2n) is 4.10. The van der Waals surface area contributed by atoms with Gasteiger partial charge in [0, 0.05) is 6.54 Å². The number of hydrogen-bond donors (Lipinski definition) is 1. The van der Waals surface area contributed by atoms with Gasteiger partial charge in [-0.15, -0.1) is 0 Å². The van der Waals surface area contributed by atoms with E-state index in [4.69, 9.17) is 0 Å². The van der Waals surface area contributed by atoms with Gasteiger partial charge < -0.3 is 4.74 Å². The van der Waals surface area contributed by atoms with Crippen LogP contribution < -0.4 is 4.72 Å². The molecule has 0 amide bonds. The topological polar surface area (TPSA) is 72.5 Å². The van der Waals surface area contributed by atoms with Gasteiger partial charge in [0.25, 0.3) is 0 Å². The molecule has 0 saturated heterocycles. The maximum atomic E-state index is 11.5. The summed E-state index contributed by atoms with van der Waals surface area (Å²) < 4.78 is 30.1. The predicted molar refractivity (Wildman–Crippen MR) is 68.7 cm³/mol. The van der Waals surface area contributed by atoms with Crippen molar-refractivity contribution in [3.05, 3.63) is 35.4 Å². The molecule has 0 spiro atoms. The zero-order chi connectivity index (χ0) is 13.8. The van der Waals surface area contributed by atoms with Crippen LogP contribution in [0.15, 0.2) is 24.3 Å². The Morgan fingerprint density at radius 1 is 1.28 bits per heavy atom. The van der Waals surface area contributed by atoms with E-state index in [1.807, 2.05) is 0 Å². The van der Waals surface area contributed by atoms with Gasteiger partial charge in [-0.05, 0) is 31.5 Å². The van der Waals surface area contributed by atoms with Gasteiger partial charge in [0.1, 0.15) is 0 Å². The van der Waals surface area contributed by atoms with Gasteiger partial charge in [-0.2, -0.15) is 0 Å². The number of benzene rings is 1. The highest BCUT2D eigenvalue weighted by atomic mass is 32.2. The third-order valence-corrected chi connectivity index (χ3v) is 4.26. The molecule has 0 atom stereocenters. The summed E-state index contributed by atoms with van der Waals surface area (Å²) >= 11 is 0. The number of esters is 1. The molecule has 18 heavy (non-hydrogen) atoms. The first-order chi connectivity index (χ1) is 8.36. The van der Waals surface area contributed by atoms with Crippen LogP contribution in [-0.2, 0) is 21.3 Å². The number of hydrogen-bond acceptors (Lipinski definition) is 4. The number of nitrogens with one attached hydrogen (secondary N) is 1. The number of ether oxygens (including phenoxy) is 1. The highest BCUT2D eigenvalue weighted by Gasteiger charge is 2.14. The monoisotopic (exact) mass is 271 g/mol. The maximum absolute atomic E-state index is 11.5. The number of carbonyl (C=O) groups excluding carboxylic acids is 1. The molecule has 0 bridgehead atoms. The van der Waals surface area contributed by atoms with Crippen LogP contribution in [0.25, 0.3) is 0 Å². The molecule has 1 rings (SSSR count). The molecule has 0 aliphatic carbocycles. The first-order valence-electron chi connectivity index (χ1n) is 5.52. The lowest BCUT2D eigenvalue weighted by Crippen LogP contribution is -2.30. The van der Waals surface area contributed by atoms with Crippen LogP contribution in [0.2, 0.25) is 0 Å². The van der Waals surface area contributed by atoms with Crippen LogP contribution in [0.1, 0.15) is 29.8 Å². The average Bonchev–Trinajstić information content (AvgIpc) is 2.36. The van der Waals surface area contributed by atoms with Gasteiger partial charge in [-0.1, -0.05) is 12.1 Å². The molecule has 0 saturated carbocycles. The Kier molecular flexibility index (Phi) is 4.86. The molecule has 1 aromatic carbocycles. The quantitative estimate of drug-likeness (QED) is 0.819. The average molecular weight is 271 g/mol. The molecule has 0 aliphatic heterocycles. The maximum Gasteiger partial charge on any atom is 0.337 e. The highest BCUT2D eigenvalue weighted by Crippen LogP contribution is 2.06. The van der Waals surface area contributed by atoms with E-state index in [1.54, 1.807) is 38.1 Å². The van der Waals surface area contributed by atoms with Gasteiger partial charge in [0.2, 0.25) is 10.0 Å². The molecule has 100 valence electrons. The zero-order valence-corrected chi connectivity index (χ0v) is 11.5. The molecule has 0 radical (unpaired) electrons. The van der Waals surface area contributed by atoms with Crippen molar-refractivity contribution in [2.75, 3.05) is 7.11 Å². The van der Waals surface area contributed by atoms with Gasteiger partial charge in [-0.3, -0.25) is 0 Å². The summed E-state index contributed by atoms with van der Waals surface area (Å²) in [6.07, 6.45) is 0. The summed E-state index contributed by atoms with van der Waals surface area (Å²) in [5.74, 6) is -0.413. The fourth-order valence-corrected chi connectivity index (χ4v) is 1.93. The van der Waals surface area contributed by atoms with E-state index in [-0.39, 0.29) is 6.54 Å². The van der Waals surface area contributed by atoms with Crippen LogP contribution in [0, 0.1) is 0 Å². The summed E-state index contributed by atoms with van der Waals surface area (Å²) in [7, 11) is -1.96. The standard InChI is InChI=1S/C12H17NO4S/c1-9(2)18(15,16)13-8-10-4-6-11(7-5-10)12(14)17-3/h4-7,9,13H,8H2,1-3H3. The lowest BCUT2D eigenvalue weighted by atomic mass is 10.1. The van der Waals surface area contributed by atoms with Crippen molar-refractivity contribution in [3.8, 4) is 0 Å². The van der Waals surface area contributed by atoms with E-state index >= 15 is 0 Å². The van der Waals surface area contributed by atoms with Gasteiger partial charge in [0.05, 0.1) is 17.9 Å². The number of sulfonamides is 1. The minimum Gasteiger partial charge on any atom is -0.465 e. The van der Waals surface area contributed by atoms with E-state index < -0.39 is 21.2 Å². The summed E-state index contributed by atoms with van der Waals surface area (Å²) in [5, 5.41) is -0.466. The summed E-state index contributed by atoms with van der Waals surface area (Å²) in [6, 6.07) is 6.58. The Bertz CT molecular complexity index is 505. The molecule has 1 aromatic rings. The minimum absolute atomic E-state index is 0.210. The molecular formula is C12H17NO4S. The van der Waals surface area contributed by atoms with Crippen molar-refractivity contribution in [2.24, 2.45) is 0 Å². The van der Waals surface area contributed by atoms with Crippen molar-refractivity contribution in [1.29, 1.82) is 0 Å². The van der Waals surface area contributed by atoms with Crippen molar-refractivity contribution < 1.29 is 17.9 Å². The van der Waals surface area contributed by atoms with Gasteiger partial charge in [-0.25, -0.2) is 17.9 Å². The summed E-state index contributed by atoms with van der Waals surface area (Å²) in [4.78, 5) is 11.2. The Hall–Kier alpha value is -1.40. The zero-order valence-electron chi connectivity index (χ0n) is 10.6. The van der Waals surface area contributed by atoms with E-state index in [1.165, 1.54) is 7.11 Å². The summed E-state index contributed by atoms with van der Waals surface area (Å²) in [5.41, 5.74) is 1.22. The third kappa shape index (κ3) is 3.82. The predicted octanol–water partition coefficient (Wildman–Crippen LogP) is 1.30. The SMILES string of the molecule is COC(=O)c1ccc(CNS(=O)(=O)C(C)C)cc1. The van der Waals surface area contributed by atoms with Gasteiger partial charge >= 0.3 is 5.97 Å². The van der Waals surface area contributed by atoms with Crippen LogP contribution in [-0.4, -0.2) is 26.7 Å². The smallest absolute Gasteiger partial charge is 0.337 e. The second-order valence-corrected chi connectivity index (χ2v) is 6.42. The molecule has 0 unspecified atom stereocenters. The van der Waals surface area contributed by atoms with Crippen LogP contribution in [0.3, 0.4) is 0 Å². The highest BCUT2D eigenvalue weighted by molar-refractivity contribution is 7.90. The summed E-state index contributed by atoms with van der Waals surface area (Å²) in [6.45, 7) is 3.44. The lowest BCUT2D eigenvalue weighted by molar-refractivity contribution is 0.0600. The largest absolute Gasteiger partial charge is 0.465 e. The van der Waals surface area contributed by atoms with E-state index in [0.29, 0.717) is 5.56 Å². The third-order valence-electron chi connectivity index (χ3n) is 2.47. The van der Waals surface area contributed by atoms with Crippen molar-refractivity contribution in [2.45, 2.75) is 25.6 Å². The molecule has 0 aliphatic rings. The first-order valence-corrected chi connectivity index (χ1v) is 7.07. The van der Waals surface area contributed by atoms with Crippen LogP contribution in [0.5, 0.6) is 0 Å². The van der Waals surface area contributed by atoms with Crippen LogP contribution >= 0.6 is 0 Å². The molecule has 1 N–H and O–H groups in total.